The van der Waals surface area contributed by atoms with E-state index in [1.54, 1.807) is 17.7 Å². The molecule has 0 radical (unpaired) electrons. The lowest BCUT2D eigenvalue weighted by atomic mass is 9.86. The number of piperidine rings is 1. The standard InChI is InChI=1S/C27H34F3N3O3S/c1-19-7-5-9-22(15-19)37(35,36)32-25(27(28,29)30)17-26(34)31-24-10-6-8-21-16-20(11-12-23(21)24)18-33-13-3-2-4-14-33/h5,7,9,11-12,15-16,24-25,32H,2-4,6,8,10,13-14,17-18H2,1H3,(H,31,34)/t24-,25?/m1/s1. The average molecular weight is 538 g/mol. The first kappa shape index (κ1) is 27.6. The van der Waals surface area contributed by atoms with Gasteiger partial charge in [-0.2, -0.15) is 17.9 Å². The average Bonchev–Trinajstić information content (AvgIpc) is 2.84. The van der Waals surface area contributed by atoms with E-state index in [9.17, 15) is 26.4 Å². The summed E-state index contributed by atoms with van der Waals surface area (Å²) >= 11 is 0. The molecule has 4 rings (SSSR count). The minimum absolute atomic E-state index is 0.274. The monoisotopic (exact) mass is 537 g/mol. The van der Waals surface area contributed by atoms with E-state index in [1.807, 2.05) is 12.1 Å². The second-order valence-electron chi connectivity index (χ2n) is 10.1. The molecule has 37 heavy (non-hydrogen) atoms. The summed E-state index contributed by atoms with van der Waals surface area (Å²) < 4.78 is 68.1. The first-order valence-electron chi connectivity index (χ1n) is 12.8. The number of carbonyl (C=O) groups excluding carboxylic acids is 1. The van der Waals surface area contributed by atoms with Gasteiger partial charge in [0.25, 0.3) is 0 Å². The summed E-state index contributed by atoms with van der Waals surface area (Å²) in [5.41, 5.74) is 3.83. The Morgan fingerprint density at radius 3 is 2.54 bits per heavy atom. The molecule has 2 aromatic carbocycles. The Hall–Kier alpha value is -2.43. The van der Waals surface area contributed by atoms with Crippen LogP contribution in [0, 0.1) is 6.92 Å². The highest BCUT2D eigenvalue weighted by Gasteiger charge is 2.44. The van der Waals surface area contributed by atoms with Crippen molar-refractivity contribution in [2.75, 3.05) is 13.1 Å². The van der Waals surface area contributed by atoms with Gasteiger partial charge in [-0.05, 0) is 86.5 Å². The van der Waals surface area contributed by atoms with Gasteiger partial charge in [-0.25, -0.2) is 8.42 Å². The van der Waals surface area contributed by atoms with E-state index in [4.69, 9.17) is 0 Å². The van der Waals surface area contributed by atoms with E-state index >= 15 is 0 Å². The maximum absolute atomic E-state index is 13.7. The highest BCUT2D eigenvalue weighted by molar-refractivity contribution is 7.89. The van der Waals surface area contributed by atoms with Gasteiger partial charge in [-0.3, -0.25) is 9.69 Å². The first-order valence-corrected chi connectivity index (χ1v) is 14.3. The topological polar surface area (TPSA) is 78.5 Å². The quantitative estimate of drug-likeness (QED) is 0.509. The zero-order valence-electron chi connectivity index (χ0n) is 21.0. The molecule has 1 saturated heterocycles. The van der Waals surface area contributed by atoms with Crippen LogP contribution in [0.1, 0.15) is 66.8 Å². The summed E-state index contributed by atoms with van der Waals surface area (Å²) in [7, 11) is -4.46. The number of carbonyl (C=O) groups is 1. The number of benzene rings is 2. The molecule has 2 aliphatic rings. The van der Waals surface area contributed by atoms with Gasteiger partial charge >= 0.3 is 6.18 Å². The van der Waals surface area contributed by atoms with Crippen LogP contribution in [0.25, 0.3) is 0 Å². The molecule has 1 fully saturated rings. The van der Waals surface area contributed by atoms with Crippen LogP contribution in [-0.4, -0.2) is 44.5 Å². The molecule has 6 nitrogen and oxygen atoms in total. The third-order valence-corrected chi connectivity index (χ3v) is 8.56. The summed E-state index contributed by atoms with van der Waals surface area (Å²) in [6.07, 6.45) is 0.0130. The van der Waals surface area contributed by atoms with Crippen LogP contribution < -0.4 is 10.0 Å². The lowest BCUT2D eigenvalue weighted by Crippen LogP contribution is -2.48. The molecule has 10 heteroatoms. The van der Waals surface area contributed by atoms with Crippen LogP contribution in [0.2, 0.25) is 0 Å². The Morgan fingerprint density at radius 2 is 1.84 bits per heavy atom. The van der Waals surface area contributed by atoms with E-state index in [1.165, 1.54) is 43.0 Å². The lowest BCUT2D eigenvalue weighted by Gasteiger charge is -2.30. The molecule has 2 N–H and O–H groups in total. The van der Waals surface area contributed by atoms with Gasteiger partial charge < -0.3 is 5.32 Å². The van der Waals surface area contributed by atoms with E-state index in [0.29, 0.717) is 12.0 Å². The number of hydrogen-bond acceptors (Lipinski definition) is 4. The largest absolute Gasteiger partial charge is 0.405 e. The predicted octanol–water partition coefficient (Wildman–Crippen LogP) is 4.77. The van der Waals surface area contributed by atoms with Crippen molar-refractivity contribution in [3.8, 4) is 0 Å². The number of aryl methyl sites for hydroxylation is 2. The summed E-state index contributed by atoms with van der Waals surface area (Å²) in [6, 6.07) is 8.83. The summed E-state index contributed by atoms with van der Waals surface area (Å²) in [4.78, 5) is 14.9. The number of rotatable bonds is 8. The van der Waals surface area contributed by atoms with Crippen molar-refractivity contribution in [1.82, 2.24) is 14.9 Å². The van der Waals surface area contributed by atoms with E-state index in [2.05, 4.69) is 16.3 Å². The fourth-order valence-corrected chi connectivity index (χ4v) is 6.52. The van der Waals surface area contributed by atoms with Crippen molar-refractivity contribution in [3.63, 3.8) is 0 Å². The third kappa shape index (κ3) is 7.33. The number of alkyl halides is 3. The van der Waals surface area contributed by atoms with Crippen molar-refractivity contribution < 1.29 is 26.4 Å². The Kier molecular flexibility index (Phi) is 8.60. The highest BCUT2D eigenvalue weighted by atomic mass is 32.2. The zero-order valence-corrected chi connectivity index (χ0v) is 21.8. The fourth-order valence-electron chi connectivity index (χ4n) is 5.19. The molecule has 2 atom stereocenters. The zero-order chi connectivity index (χ0) is 26.6. The van der Waals surface area contributed by atoms with Crippen LogP contribution in [-0.2, 0) is 27.8 Å². The van der Waals surface area contributed by atoms with Crippen LogP contribution in [0.5, 0.6) is 0 Å². The van der Waals surface area contributed by atoms with Gasteiger partial charge in [0, 0.05) is 6.54 Å². The van der Waals surface area contributed by atoms with E-state index < -0.39 is 40.6 Å². The van der Waals surface area contributed by atoms with Crippen molar-refractivity contribution in [2.45, 2.75) is 81.6 Å². The molecule has 1 unspecified atom stereocenters. The van der Waals surface area contributed by atoms with Gasteiger partial charge in [0.15, 0.2) is 0 Å². The molecule has 0 aromatic heterocycles. The van der Waals surface area contributed by atoms with Crippen molar-refractivity contribution in [1.29, 1.82) is 0 Å². The number of likely N-dealkylation sites (tertiary alicyclic amines) is 1. The Balaban J connectivity index is 1.43. The number of amides is 1. The number of sulfonamides is 1. The van der Waals surface area contributed by atoms with Crippen LogP contribution in [0.15, 0.2) is 47.4 Å². The van der Waals surface area contributed by atoms with Crippen LogP contribution in [0.4, 0.5) is 13.2 Å². The molecule has 0 saturated carbocycles. The summed E-state index contributed by atoms with van der Waals surface area (Å²) in [5, 5.41) is 2.73. The molecular weight excluding hydrogens is 503 g/mol. The predicted molar refractivity (Wildman–Crippen MR) is 135 cm³/mol. The maximum Gasteiger partial charge on any atom is 0.405 e. The Morgan fingerprint density at radius 1 is 1.08 bits per heavy atom. The molecule has 202 valence electrons. The van der Waals surface area contributed by atoms with E-state index in [0.717, 1.165) is 43.6 Å². The molecule has 1 aliphatic heterocycles. The normalized spacial score (nSPS) is 19.7. The minimum atomic E-state index is -4.93. The van der Waals surface area contributed by atoms with Crippen LogP contribution in [0.3, 0.4) is 0 Å². The van der Waals surface area contributed by atoms with Crippen LogP contribution >= 0.6 is 0 Å². The number of fused-ring (bicyclic) bond motifs is 1. The molecular formula is C27H34F3N3O3S. The Bertz CT molecular complexity index is 1210. The number of halogens is 3. The number of nitrogens with zero attached hydrogens (tertiary/aromatic N) is 1. The van der Waals surface area contributed by atoms with E-state index in [-0.39, 0.29) is 4.90 Å². The Labute approximate surface area is 216 Å². The first-order chi connectivity index (χ1) is 17.5. The summed E-state index contributed by atoms with van der Waals surface area (Å²) in [6.45, 7) is 4.69. The fraction of sp³-hybridized carbons (Fsp3) is 0.519. The molecule has 1 aliphatic carbocycles. The van der Waals surface area contributed by atoms with Gasteiger partial charge in [0.2, 0.25) is 15.9 Å². The number of hydrogen-bond donors (Lipinski definition) is 2. The molecule has 1 heterocycles. The summed E-state index contributed by atoms with van der Waals surface area (Å²) in [5.74, 6) is -0.843. The third-order valence-electron chi connectivity index (χ3n) is 7.09. The highest BCUT2D eigenvalue weighted by Crippen LogP contribution is 2.32. The molecule has 0 bridgehead atoms. The second kappa shape index (κ2) is 11.5. The van der Waals surface area contributed by atoms with Gasteiger partial charge in [0.1, 0.15) is 6.04 Å². The molecule has 1 amide bonds. The number of nitrogens with one attached hydrogen (secondary N) is 2. The smallest absolute Gasteiger partial charge is 0.349 e. The van der Waals surface area contributed by atoms with Gasteiger partial charge in [-0.1, -0.05) is 36.8 Å². The second-order valence-corrected chi connectivity index (χ2v) is 11.8. The van der Waals surface area contributed by atoms with Crippen molar-refractivity contribution >= 4 is 15.9 Å². The van der Waals surface area contributed by atoms with Crippen molar-refractivity contribution in [3.05, 3.63) is 64.7 Å². The molecule has 2 aromatic rings. The lowest BCUT2D eigenvalue weighted by molar-refractivity contribution is -0.158. The maximum atomic E-state index is 13.7. The molecule has 0 spiro atoms. The van der Waals surface area contributed by atoms with Gasteiger partial charge in [0.05, 0.1) is 17.4 Å². The van der Waals surface area contributed by atoms with Gasteiger partial charge in [-0.15, -0.1) is 0 Å². The minimum Gasteiger partial charge on any atom is -0.349 e. The van der Waals surface area contributed by atoms with Crippen molar-refractivity contribution in [2.24, 2.45) is 0 Å². The SMILES string of the molecule is Cc1cccc(S(=O)(=O)NC(CC(=O)N[C@@H]2CCCc3cc(CN4CCCCC4)ccc32)C(F)(F)F)c1.